The van der Waals surface area contributed by atoms with Crippen molar-refractivity contribution < 1.29 is 0 Å². The zero-order valence-corrected chi connectivity index (χ0v) is 8.96. The second-order valence-corrected chi connectivity index (χ2v) is 3.76. The van der Waals surface area contributed by atoms with E-state index in [1.807, 2.05) is 0 Å². The van der Waals surface area contributed by atoms with E-state index in [0.717, 1.165) is 19.4 Å². The third kappa shape index (κ3) is 3.64. The van der Waals surface area contributed by atoms with E-state index >= 15 is 0 Å². The summed E-state index contributed by atoms with van der Waals surface area (Å²) in [6, 6.07) is 8.62. The average Bonchev–Trinajstić information content (AvgIpc) is 2.14. The second kappa shape index (κ2) is 5.47. The molecule has 14 heavy (non-hydrogen) atoms. The fraction of sp³-hybridized carbons (Fsp3) is 0.385. The minimum atomic E-state index is 0.825. The van der Waals surface area contributed by atoms with Crippen LogP contribution < -0.4 is 0 Å². The summed E-state index contributed by atoms with van der Waals surface area (Å²) in [6.45, 7) is 0.990. The summed E-state index contributed by atoms with van der Waals surface area (Å²) in [5.74, 6) is 2.67. The van der Waals surface area contributed by atoms with E-state index in [1.165, 1.54) is 11.1 Å². The maximum absolute atomic E-state index is 5.24. The van der Waals surface area contributed by atoms with Crippen molar-refractivity contribution in [2.75, 3.05) is 14.1 Å². The topological polar surface area (TPSA) is 3.24 Å². The molecular weight excluding hydrogens is 170 g/mol. The van der Waals surface area contributed by atoms with Crippen LogP contribution in [0, 0.1) is 12.3 Å². The Labute approximate surface area is 86.7 Å². The van der Waals surface area contributed by atoms with Crippen molar-refractivity contribution in [2.45, 2.75) is 19.4 Å². The largest absolute Gasteiger partial charge is 0.305 e. The minimum absolute atomic E-state index is 0.825. The van der Waals surface area contributed by atoms with Gasteiger partial charge in [0.15, 0.2) is 0 Å². The highest BCUT2D eigenvalue weighted by atomic mass is 15.0. The summed E-state index contributed by atoms with van der Waals surface area (Å²) in [5, 5.41) is 0. The molecule has 0 aliphatic heterocycles. The maximum Gasteiger partial charge on any atom is 0.0227 e. The molecule has 0 saturated heterocycles. The van der Waals surface area contributed by atoms with E-state index in [4.69, 9.17) is 6.42 Å². The fourth-order valence-corrected chi connectivity index (χ4v) is 1.47. The summed E-state index contributed by atoms with van der Waals surface area (Å²) < 4.78 is 0. The SMILES string of the molecule is C#CCCc1cccc(CN(C)C)c1. The first-order valence-corrected chi connectivity index (χ1v) is 4.88. The molecule has 1 heteroatoms. The smallest absolute Gasteiger partial charge is 0.0227 e. The van der Waals surface area contributed by atoms with Gasteiger partial charge in [-0.15, -0.1) is 12.3 Å². The lowest BCUT2D eigenvalue weighted by Crippen LogP contribution is -2.10. The first-order chi connectivity index (χ1) is 6.72. The van der Waals surface area contributed by atoms with Gasteiger partial charge in [0.25, 0.3) is 0 Å². The summed E-state index contributed by atoms with van der Waals surface area (Å²) in [7, 11) is 4.15. The second-order valence-electron chi connectivity index (χ2n) is 3.76. The molecule has 1 rings (SSSR count). The van der Waals surface area contributed by atoms with Crippen LogP contribution in [0.2, 0.25) is 0 Å². The molecule has 1 aromatic carbocycles. The number of aryl methyl sites for hydroxylation is 1. The van der Waals surface area contributed by atoms with E-state index < -0.39 is 0 Å². The van der Waals surface area contributed by atoms with Gasteiger partial charge in [-0.3, -0.25) is 0 Å². The van der Waals surface area contributed by atoms with Crippen molar-refractivity contribution >= 4 is 0 Å². The molecule has 0 saturated carbocycles. The van der Waals surface area contributed by atoms with Crippen LogP contribution in [0.25, 0.3) is 0 Å². The predicted molar refractivity (Wildman–Crippen MR) is 61.0 cm³/mol. The van der Waals surface area contributed by atoms with Gasteiger partial charge in [-0.05, 0) is 31.6 Å². The molecule has 0 atom stereocenters. The number of terminal acetylenes is 1. The molecule has 74 valence electrons. The fourth-order valence-electron chi connectivity index (χ4n) is 1.47. The van der Waals surface area contributed by atoms with Gasteiger partial charge in [0, 0.05) is 13.0 Å². The first-order valence-electron chi connectivity index (χ1n) is 4.88. The molecule has 0 N–H and O–H groups in total. The zero-order valence-electron chi connectivity index (χ0n) is 8.96. The molecule has 0 spiro atoms. The van der Waals surface area contributed by atoms with E-state index in [2.05, 4.69) is 49.2 Å². The Balaban J connectivity index is 2.65. The van der Waals surface area contributed by atoms with Crippen LogP contribution in [-0.2, 0) is 13.0 Å². The van der Waals surface area contributed by atoms with Crippen LogP contribution in [0.3, 0.4) is 0 Å². The van der Waals surface area contributed by atoms with Gasteiger partial charge in [0.1, 0.15) is 0 Å². The van der Waals surface area contributed by atoms with Gasteiger partial charge in [-0.25, -0.2) is 0 Å². The van der Waals surface area contributed by atoms with Crippen LogP contribution in [-0.4, -0.2) is 19.0 Å². The minimum Gasteiger partial charge on any atom is -0.305 e. The molecule has 0 aliphatic carbocycles. The third-order valence-corrected chi connectivity index (χ3v) is 2.05. The van der Waals surface area contributed by atoms with Gasteiger partial charge in [0.05, 0.1) is 0 Å². The van der Waals surface area contributed by atoms with Gasteiger partial charge in [-0.1, -0.05) is 24.3 Å². The lowest BCUT2D eigenvalue weighted by molar-refractivity contribution is 0.402. The number of benzene rings is 1. The molecule has 0 aliphatic rings. The summed E-state index contributed by atoms with van der Waals surface area (Å²) in [6.07, 6.45) is 7.05. The Hall–Kier alpha value is -1.26. The third-order valence-electron chi connectivity index (χ3n) is 2.05. The van der Waals surface area contributed by atoms with Crippen molar-refractivity contribution in [3.8, 4) is 12.3 Å². The number of hydrogen-bond donors (Lipinski definition) is 0. The molecule has 0 bridgehead atoms. The van der Waals surface area contributed by atoms with E-state index in [-0.39, 0.29) is 0 Å². The average molecular weight is 187 g/mol. The lowest BCUT2D eigenvalue weighted by atomic mass is 10.1. The van der Waals surface area contributed by atoms with Crippen molar-refractivity contribution in [1.82, 2.24) is 4.90 Å². The van der Waals surface area contributed by atoms with Crippen molar-refractivity contribution in [3.05, 3.63) is 35.4 Å². The zero-order chi connectivity index (χ0) is 10.4. The highest BCUT2D eigenvalue weighted by molar-refractivity contribution is 5.24. The highest BCUT2D eigenvalue weighted by Gasteiger charge is 1.96. The quantitative estimate of drug-likeness (QED) is 0.654. The Bertz CT molecular complexity index is 320. The van der Waals surface area contributed by atoms with E-state index in [9.17, 15) is 0 Å². The van der Waals surface area contributed by atoms with E-state index in [0.29, 0.717) is 0 Å². The lowest BCUT2D eigenvalue weighted by Gasteiger charge is -2.10. The number of nitrogens with zero attached hydrogens (tertiary/aromatic N) is 1. The first kappa shape index (κ1) is 10.8. The van der Waals surface area contributed by atoms with Crippen LogP contribution in [0.4, 0.5) is 0 Å². The molecular formula is C13H17N. The van der Waals surface area contributed by atoms with Crippen molar-refractivity contribution in [3.63, 3.8) is 0 Å². The molecule has 0 fully saturated rings. The monoisotopic (exact) mass is 187 g/mol. The Kier molecular flexibility index (Phi) is 4.22. The molecule has 0 amide bonds. The molecule has 0 radical (unpaired) electrons. The van der Waals surface area contributed by atoms with Crippen LogP contribution in [0.15, 0.2) is 24.3 Å². The van der Waals surface area contributed by atoms with Gasteiger partial charge < -0.3 is 4.90 Å². The van der Waals surface area contributed by atoms with Crippen molar-refractivity contribution in [2.24, 2.45) is 0 Å². The van der Waals surface area contributed by atoms with Crippen LogP contribution >= 0.6 is 0 Å². The van der Waals surface area contributed by atoms with Gasteiger partial charge >= 0.3 is 0 Å². The summed E-state index contributed by atoms with van der Waals surface area (Å²) in [4.78, 5) is 2.17. The molecule has 0 unspecified atom stereocenters. The van der Waals surface area contributed by atoms with Crippen LogP contribution in [0.5, 0.6) is 0 Å². The summed E-state index contributed by atoms with van der Waals surface area (Å²) in [5.41, 5.74) is 2.69. The molecule has 1 aromatic rings. The van der Waals surface area contributed by atoms with Gasteiger partial charge in [-0.2, -0.15) is 0 Å². The summed E-state index contributed by atoms with van der Waals surface area (Å²) >= 11 is 0. The Morgan fingerprint density at radius 3 is 2.64 bits per heavy atom. The van der Waals surface area contributed by atoms with Crippen molar-refractivity contribution in [1.29, 1.82) is 0 Å². The Morgan fingerprint density at radius 1 is 1.29 bits per heavy atom. The number of rotatable bonds is 4. The molecule has 0 heterocycles. The van der Waals surface area contributed by atoms with E-state index in [1.54, 1.807) is 0 Å². The normalized spacial score (nSPS) is 10.1. The molecule has 1 nitrogen and oxygen atoms in total. The molecule has 0 aromatic heterocycles. The van der Waals surface area contributed by atoms with Crippen LogP contribution in [0.1, 0.15) is 17.5 Å². The highest BCUT2D eigenvalue weighted by Crippen LogP contribution is 2.08. The Morgan fingerprint density at radius 2 is 2.00 bits per heavy atom. The van der Waals surface area contributed by atoms with Gasteiger partial charge in [0.2, 0.25) is 0 Å². The number of hydrogen-bond acceptors (Lipinski definition) is 1. The predicted octanol–water partition coefficient (Wildman–Crippen LogP) is 2.31. The standard InChI is InChI=1S/C13H17N/c1-4-5-7-12-8-6-9-13(10-12)11-14(2)3/h1,6,8-10H,5,7,11H2,2-3H3. The maximum atomic E-state index is 5.24.